The number of anilines is 3. The van der Waals surface area contributed by atoms with Crippen molar-refractivity contribution in [2.24, 2.45) is 16.5 Å². The summed E-state index contributed by atoms with van der Waals surface area (Å²) in [5.41, 5.74) is 12.4. The molecular weight excluding hydrogens is 346 g/mol. The SMILES string of the molecule is COCC(N)CNc1ncc(C(N)=O)c(Nc2cccc3c2=CC(C)N=3)n1. The number of methoxy groups -OCH3 is 1. The van der Waals surface area contributed by atoms with Crippen molar-refractivity contribution in [2.75, 3.05) is 30.9 Å². The molecule has 6 N–H and O–H groups in total. The number of fused-ring (bicyclic) bond motifs is 1. The van der Waals surface area contributed by atoms with Gasteiger partial charge in [-0.15, -0.1) is 0 Å². The highest BCUT2D eigenvalue weighted by molar-refractivity contribution is 5.98. The van der Waals surface area contributed by atoms with Gasteiger partial charge in [0.05, 0.1) is 18.0 Å². The lowest BCUT2D eigenvalue weighted by molar-refractivity contribution is 0.100. The second kappa shape index (κ2) is 8.11. The van der Waals surface area contributed by atoms with Crippen LogP contribution in [0.4, 0.5) is 17.5 Å². The van der Waals surface area contributed by atoms with E-state index in [4.69, 9.17) is 16.2 Å². The normalized spacial score (nSPS) is 16.0. The van der Waals surface area contributed by atoms with Gasteiger partial charge in [-0.3, -0.25) is 9.79 Å². The third-order valence-electron chi connectivity index (χ3n) is 4.04. The molecule has 1 aliphatic rings. The van der Waals surface area contributed by atoms with Crippen LogP contribution in [0.2, 0.25) is 0 Å². The third-order valence-corrected chi connectivity index (χ3v) is 4.04. The molecule has 0 saturated heterocycles. The first-order chi connectivity index (χ1) is 13.0. The molecule has 1 amide bonds. The first kappa shape index (κ1) is 18.7. The zero-order valence-electron chi connectivity index (χ0n) is 15.3. The first-order valence-electron chi connectivity index (χ1n) is 8.59. The smallest absolute Gasteiger partial charge is 0.254 e. The molecule has 2 heterocycles. The number of nitrogens with two attached hydrogens (primary N) is 2. The zero-order chi connectivity index (χ0) is 19.4. The van der Waals surface area contributed by atoms with Crippen molar-refractivity contribution in [3.63, 3.8) is 0 Å². The molecule has 27 heavy (non-hydrogen) atoms. The molecule has 0 bridgehead atoms. The average molecular weight is 369 g/mol. The van der Waals surface area contributed by atoms with E-state index in [0.717, 1.165) is 16.3 Å². The van der Waals surface area contributed by atoms with Crippen LogP contribution in [0.1, 0.15) is 17.3 Å². The second-order valence-corrected chi connectivity index (χ2v) is 6.32. The summed E-state index contributed by atoms with van der Waals surface area (Å²) in [5, 5.41) is 8.09. The molecule has 2 unspecified atom stereocenters. The number of nitrogens with zero attached hydrogens (tertiary/aromatic N) is 3. The Morgan fingerprint density at radius 1 is 1.41 bits per heavy atom. The van der Waals surface area contributed by atoms with Crippen molar-refractivity contribution in [3.8, 4) is 0 Å². The van der Waals surface area contributed by atoms with Crippen LogP contribution in [0.3, 0.4) is 0 Å². The van der Waals surface area contributed by atoms with Crippen LogP contribution >= 0.6 is 0 Å². The Kier molecular flexibility index (Phi) is 5.63. The summed E-state index contributed by atoms with van der Waals surface area (Å²) in [5.74, 6) is 0.0417. The number of nitrogens with one attached hydrogen (secondary N) is 2. The zero-order valence-corrected chi connectivity index (χ0v) is 15.3. The number of hydrogen-bond donors (Lipinski definition) is 4. The molecule has 3 rings (SSSR count). The maximum atomic E-state index is 11.8. The number of aromatic nitrogens is 2. The molecule has 0 fully saturated rings. The molecule has 1 aliphatic heterocycles. The summed E-state index contributed by atoms with van der Waals surface area (Å²) >= 11 is 0. The van der Waals surface area contributed by atoms with Crippen molar-refractivity contribution < 1.29 is 9.53 Å². The van der Waals surface area contributed by atoms with Crippen molar-refractivity contribution in [1.82, 2.24) is 9.97 Å². The summed E-state index contributed by atoms with van der Waals surface area (Å²) < 4.78 is 5.00. The van der Waals surface area contributed by atoms with E-state index in [1.807, 2.05) is 31.2 Å². The number of ether oxygens (including phenoxy) is 1. The second-order valence-electron chi connectivity index (χ2n) is 6.32. The van der Waals surface area contributed by atoms with Gasteiger partial charge in [-0.1, -0.05) is 6.07 Å². The van der Waals surface area contributed by atoms with Crippen LogP contribution in [-0.2, 0) is 4.74 Å². The highest BCUT2D eigenvalue weighted by Crippen LogP contribution is 2.17. The quantitative estimate of drug-likeness (QED) is 0.492. The largest absolute Gasteiger partial charge is 0.383 e. The van der Waals surface area contributed by atoms with Crippen molar-refractivity contribution >= 4 is 29.4 Å². The number of carbonyl (C=O) groups excluding carboxylic acids is 1. The van der Waals surface area contributed by atoms with Crippen molar-refractivity contribution in [2.45, 2.75) is 19.0 Å². The first-order valence-corrected chi connectivity index (χ1v) is 8.59. The number of hydrogen-bond acceptors (Lipinski definition) is 8. The maximum Gasteiger partial charge on any atom is 0.254 e. The molecule has 1 aromatic heterocycles. The fourth-order valence-corrected chi connectivity index (χ4v) is 2.81. The standard InChI is InChI=1S/C18H23N7O2/c1-10-6-12-14(23-10)4-3-5-15(12)24-17-13(16(20)26)8-22-18(25-17)21-7-11(19)9-27-2/h3-6,8,10-11H,7,9,19H2,1-2H3,(H2,20,26)(H2,21,22,24,25). The predicted octanol–water partition coefficient (Wildman–Crippen LogP) is -0.493. The van der Waals surface area contributed by atoms with Gasteiger partial charge in [-0.25, -0.2) is 4.98 Å². The van der Waals surface area contributed by atoms with E-state index < -0.39 is 5.91 Å². The van der Waals surface area contributed by atoms with Crippen LogP contribution in [-0.4, -0.2) is 48.2 Å². The molecule has 9 heteroatoms. The molecule has 0 saturated carbocycles. The fraction of sp³-hybridized carbons (Fsp3) is 0.333. The van der Waals surface area contributed by atoms with Crippen LogP contribution in [0.15, 0.2) is 29.4 Å². The van der Waals surface area contributed by atoms with E-state index in [2.05, 4.69) is 25.6 Å². The maximum absolute atomic E-state index is 11.8. The van der Waals surface area contributed by atoms with Gasteiger partial charge < -0.3 is 26.8 Å². The number of carbonyl (C=O) groups is 1. The van der Waals surface area contributed by atoms with Crippen LogP contribution in [0.25, 0.3) is 6.08 Å². The summed E-state index contributed by atoms with van der Waals surface area (Å²) in [6, 6.07) is 5.63. The molecule has 2 aromatic rings. The monoisotopic (exact) mass is 369 g/mol. The number of rotatable bonds is 8. The molecule has 9 nitrogen and oxygen atoms in total. The lowest BCUT2D eigenvalue weighted by Gasteiger charge is -2.14. The lowest BCUT2D eigenvalue weighted by atomic mass is 10.2. The summed E-state index contributed by atoms with van der Waals surface area (Å²) in [4.78, 5) is 24.8. The van der Waals surface area contributed by atoms with E-state index in [9.17, 15) is 4.79 Å². The Bertz CT molecular complexity index is 961. The molecule has 0 radical (unpaired) electrons. The highest BCUT2D eigenvalue weighted by atomic mass is 16.5. The van der Waals surface area contributed by atoms with Gasteiger partial charge in [-0.2, -0.15) is 4.98 Å². The van der Waals surface area contributed by atoms with Gasteiger partial charge in [0.25, 0.3) is 5.91 Å². The van der Waals surface area contributed by atoms with E-state index in [0.29, 0.717) is 24.9 Å². The Labute approximate surface area is 156 Å². The minimum atomic E-state index is -0.616. The summed E-state index contributed by atoms with van der Waals surface area (Å²) in [6.45, 7) is 2.84. The van der Waals surface area contributed by atoms with Crippen molar-refractivity contribution in [3.05, 3.63) is 40.5 Å². The number of benzene rings is 1. The molecule has 2 atom stereocenters. The van der Waals surface area contributed by atoms with E-state index >= 15 is 0 Å². The topological polar surface area (TPSA) is 141 Å². The van der Waals surface area contributed by atoms with E-state index in [1.165, 1.54) is 6.20 Å². The minimum absolute atomic E-state index is 0.100. The molecule has 142 valence electrons. The van der Waals surface area contributed by atoms with Crippen LogP contribution < -0.4 is 32.7 Å². The summed E-state index contributed by atoms with van der Waals surface area (Å²) in [6.07, 6.45) is 3.44. The highest BCUT2D eigenvalue weighted by Gasteiger charge is 2.15. The molecule has 0 aliphatic carbocycles. The fourth-order valence-electron chi connectivity index (χ4n) is 2.81. The molecule has 0 spiro atoms. The van der Waals surface area contributed by atoms with Crippen molar-refractivity contribution in [1.29, 1.82) is 0 Å². The Morgan fingerprint density at radius 2 is 2.22 bits per heavy atom. The van der Waals surface area contributed by atoms with Gasteiger partial charge in [0.1, 0.15) is 11.4 Å². The molecule has 1 aromatic carbocycles. The van der Waals surface area contributed by atoms with Gasteiger partial charge >= 0.3 is 0 Å². The van der Waals surface area contributed by atoms with Crippen LogP contribution in [0.5, 0.6) is 0 Å². The van der Waals surface area contributed by atoms with Crippen LogP contribution in [0, 0.1) is 0 Å². The molecular formula is C18H23N7O2. The van der Waals surface area contributed by atoms with E-state index in [-0.39, 0.29) is 17.6 Å². The van der Waals surface area contributed by atoms with Gasteiger partial charge in [-0.05, 0) is 25.1 Å². The number of primary amides is 1. The predicted molar refractivity (Wildman–Crippen MR) is 103 cm³/mol. The Balaban J connectivity index is 1.89. The average Bonchev–Trinajstić information content (AvgIpc) is 3.01. The summed E-state index contributed by atoms with van der Waals surface area (Å²) in [7, 11) is 1.59. The lowest BCUT2D eigenvalue weighted by Crippen LogP contribution is -2.33. The van der Waals surface area contributed by atoms with Gasteiger partial charge in [0.2, 0.25) is 5.95 Å². The Morgan fingerprint density at radius 3 is 2.96 bits per heavy atom. The third kappa shape index (κ3) is 4.39. The van der Waals surface area contributed by atoms with Gasteiger partial charge in [0.15, 0.2) is 0 Å². The number of amides is 1. The van der Waals surface area contributed by atoms with Gasteiger partial charge in [0, 0.05) is 36.8 Å². The minimum Gasteiger partial charge on any atom is -0.383 e. The van der Waals surface area contributed by atoms with E-state index in [1.54, 1.807) is 7.11 Å². The Hall–Kier alpha value is -3.04.